The van der Waals surface area contributed by atoms with E-state index in [2.05, 4.69) is 27.4 Å². The van der Waals surface area contributed by atoms with E-state index in [1.54, 1.807) is 25.0 Å². The van der Waals surface area contributed by atoms with Crippen molar-refractivity contribution in [3.05, 3.63) is 47.1 Å². The van der Waals surface area contributed by atoms with E-state index in [1.807, 2.05) is 18.2 Å². The second-order valence-electron chi connectivity index (χ2n) is 3.37. The molecule has 0 amide bonds. The first-order chi connectivity index (χ1) is 8.29. The molecular weight excluding hydrogens is 254 g/mol. The van der Waals surface area contributed by atoms with Crippen molar-refractivity contribution < 1.29 is 0 Å². The zero-order valence-electron chi connectivity index (χ0n) is 9.35. The fraction of sp³-hybridized carbons (Fsp3) is 0.167. The van der Waals surface area contributed by atoms with Crippen LogP contribution in [0.1, 0.15) is 5.56 Å². The monoisotopic (exact) mass is 265 g/mol. The summed E-state index contributed by atoms with van der Waals surface area (Å²) in [5, 5.41) is 4.29. The van der Waals surface area contributed by atoms with E-state index in [4.69, 9.17) is 11.6 Å². The third-order valence-corrected chi connectivity index (χ3v) is 3.60. The summed E-state index contributed by atoms with van der Waals surface area (Å²) in [5.74, 6) is 1.44. The number of aromatic nitrogens is 2. The lowest BCUT2D eigenvalue weighted by Crippen LogP contribution is -1.97. The number of hydrogen-bond donors (Lipinski definition) is 1. The van der Waals surface area contributed by atoms with Crippen molar-refractivity contribution >= 4 is 29.3 Å². The third-order valence-electron chi connectivity index (χ3n) is 2.15. The summed E-state index contributed by atoms with van der Waals surface area (Å²) >= 11 is 7.65. The molecule has 0 saturated heterocycles. The van der Waals surface area contributed by atoms with Crippen LogP contribution < -0.4 is 5.32 Å². The Labute approximate surface area is 110 Å². The quantitative estimate of drug-likeness (QED) is 0.679. The molecule has 17 heavy (non-hydrogen) atoms. The average Bonchev–Trinajstić information content (AvgIpc) is 2.39. The fourth-order valence-corrected chi connectivity index (χ4v) is 2.39. The van der Waals surface area contributed by atoms with E-state index >= 15 is 0 Å². The van der Waals surface area contributed by atoms with Crippen LogP contribution in [0, 0.1) is 0 Å². The molecule has 0 saturated carbocycles. The lowest BCUT2D eigenvalue weighted by Gasteiger charge is -2.05. The summed E-state index contributed by atoms with van der Waals surface area (Å²) in [7, 11) is 1.79. The molecule has 0 aliphatic rings. The molecule has 0 aliphatic carbocycles. The van der Waals surface area contributed by atoms with Crippen LogP contribution in [0.4, 0.5) is 5.95 Å². The minimum atomic E-state index is 0.588. The average molecular weight is 266 g/mol. The Balaban J connectivity index is 2.08. The predicted molar refractivity (Wildman–Crippen MR) is 72.6 cm³/mol. The maximum absolute atomic E-state index is 6.05. The molecule has 2 aromatic rings. The normalized spacial score (nSPS) is 10.2. The first-order valence-corrected chi connectivity index (χ1v) is 6.53. The molecule has 5 heteroatoms. The second-order valence-corrected chi connectivity index (χ2v) is 4.74. The molecule has 0 fully saturated rings. The standard InChI is InChI=1S/C12H12ClN3S/c1-14-12-15-7-10(13)11(16-12)17-8-9-5-3-2-4-6-9/h2-7H,8H2,1H3,(H,14,15,16). The van der Waals surface area contributed by atoms with Gasteiger partial charge in [0.1, 0.15) is 5.03 Å². The number of hydrogen-bond acceptors (Lipinski definition) is 4. The number of halogens is 1. The molecule has 0 bridgehead atoms. The van der Waals surface area contributed by atoms with Crippen molar-refractivity contribution in [3.8, 4) is 0 Å². The van der Waals surface area contributed by atoms with E-state index in [0.29, 0.717) is 11.0 Å². The summed E-state index contributed by atoms with van der Waals surface area (Å²) in [6.07, 6.45) is 1.62. The molecule has 1 aromatic heterocycles. The van der Waals surface area contributed by atoms with Gasteiger partial charge >= 0.3 is 0 Å². The first-order valence-electron chi connectivity index (χ1n) is 5.16. The molecular formula is C12H12ClN3S. The summed E-state index contributed by atoms with van der Waals surface area (Å²) < 4.78 is 0. The largest absolute Gasteiger partial charge is 0.357 e. The van der Waals surface area contributed by atoms with Gasteiger partial charge < -0.3 is 5.32 Å². The Bertz CT molecular complexity index is 490. The maximum Gasteiger partial charge on any atom is 0.223 e. The van der Waals surface area contributed by atoms with Gasteiger partial charge in [0.2, 0.25) is 5.95 Å². The zero-order valence-corrected chi connectivity index (χ0v) is 10.9. The van der Waals surface area contributed by atoms with Gasteiger partial charge in [0.05, 0.1) is 11.2 Å². The Hall–Kier alpha value is -1.26. The van der Waals surface area contributed by atoms with Crippen LogP contribution in [0.15, 0.2) is 41.6 Å². The Morgan fingerprint density at radius 3 is 2.76 bits per heavy atom. The number of nitrogens with zero attached hydrogens (tertiary/aromatic N) is 2. The smallest absolute Gasteiger partial charge is 0.223 e. The highest BCUT2D eigenvalue weighted by Crippen LogP contribution is 2.27. The van der Waals surface area contributed by atoms with Gasteiger partial charge in [0.25, 0.3) is 0 Å². The molecule has 88 valence electrons. The van der Waals surface area contributed by atoms with Gasteiger partial charge in [0.15, 0.2) is 0 Å². The first kappa shape index (κ1) is 12.2. The van der Waals surface area contributed by atoms with Gasteiger partial charge in [-0.05, 0) is 5.56 Å². The van der Waals surface area contributed by atoms with Gasteiger partial charge in [0, 0.05) is 12.8 Å². The Kier molecular flexibility index (Phi) is 4.23. The lowest BCUT2D eigenvalue weighted by molar-refractivity contribution is 1.04. The van der Waals surface area contributed by atoms with Crippen LogP contribution in [0.25, 0.3) is 0 Å². The topological polar surface area (TPSA) is 37.8 Å². The Morgan fingerprint density at radius 2 is 2.06 bits per heavy atom. The number of benzene rings is 1. The Morgan fingerprint density at radius 1 is 1.29 bits per heavy atom. The van der Waals surface area contributed by atoms with Gasteiger partial charge in [-0.1, -0.05) is 53.7 Å². The molecule has 0 unspecified atom stereocenters. The van der Waals surface area contributed by atoms with Gasteiger partial charge in [-0.25, -0.2) is 9.97 Å². The summed E-state index contributed by atoms with van der Waals surface area (Å²) in [4.78, 5) is 8.36. The summed E-state index contributed by atoms with van der Waals surface area (Å²) in [5.41, 5.74) is 1.25. The molecule has 0 spiro atoms. The highest BCUT2D eigenvalue weighted by molar-refractivity contribution is 7.98. The fourth-order valence-electron chi connectivity index (χ4n) is 1.30. The van der Waals surface area contributed by atoms with Crippen molar-refractivity contribution in [3.63, 3.8) is 0 Å². The van der Waals surface area contributed by atoms with Crippen molar-refractivity contribution in [2.75, 3.05) is 12.4 Å². The molecule has 1 N–H and O–H groups in total. The number of anilines is 1. The molecule has 1 aromatic carbocycles. The predicted octanol–water partition coefficient (Wildman–Crippen LogP) is 3.46. The van der Waals surface area contributed by atoms with Crippen molar-refractivity contribution in [2.24, 2.45) is 0 Å². The van der Waals surface area contributed by atoms with Gasteiger partial charge in [-0.2, -0.15) is 0 Å². The van der Waals surface area contributed by atoms with E-state index in [1.165, 1.54) is 5.56 Å². The van der Waals surface area contributed by atoms with Crippen molar-refractivity contribution in [2.45, 2.75) is 10.8 Å². The van der Waals surface area contributed by atoms with E-state index < -0.39 is 0 Å². The highest BCUT2D eigenvalue weighted by atomic mass is 35.5. The molecule has 0 radical (unpaired) electrons. The molecule has 3 nitrogen and oxygen atoms in total. The maximum atomic E-state index is 6.05. The number of nitrogens with one attached hydrogen (secondary N) is 1. The van der Waals surface area contributed by atoms with Crippen LogP contribution in [0.5, 0.6) is 0 Å². The van der Waals surface area contributed by atoms with Crippen molar-refractivity contribution in [1.29, 1.82) is 0 Å². The van der Waals surface area contributed by atoms with E-state index in [9.17, 15) is 0 Å². The van der Waals surface area contributed by atoms with Crippen LogP contribution in [-0.2, 0) is 5.75 Å². The van der Waals surface area contributed by atoms with Crippen LogP contribution in [0.3, 0.4) is 0 Å². The molecule has 2 rings (SSSR count). The SMILES string of the molecule is CNc1ncc(Cl)c(SCc2ccccc2)n1. The van der Waals surface area contributed by atoms with Crippen LogP contribution >= 0.6 is 23.4 Å². The van der Waals surface area contributed by atoms with Gasteiger partial charge in [-0.3, -0.25) is 0 Å². The third kappa shape index (κ3) is 3.35. The highest BCUT2D eigenvalue weighted by Gasteiger charge is 2.05. The lowest BCUT2D eigenvalue weighted by atomic mass is 10.2. The summed E-state index contributed by atoms with van der Waals surface area (Å²) in [6.45, 7) is 0. The van der Waals surface area contributed by atoms with E-state index in [-0.39, 0.29) is 0 Å². The number of thioether (sulfide) groups is 1. The van der Waals surface area contributed by atoms with Gasteiger partial charge in [-0.15, -0.1) is 0 Å². The zero-order chi connectivity index (χ0) is 12.1. The van der Waals surface area contributed by atoms with E-state index in [0.717, 1.165) is 10.8 Å². The van der Waals surface area contributed by atoms with Crippen molar-refractivity contribution in [1.82, 2.24) is 9.97 Å². The molecule has 0 atom stereocenters. The summed E-state index contributed by atoms with van der Waals surface area (Å²) in [6, 6.07) is 10.2. The molecule has 0 aliphatic heterocycles. The minimum Gasteiger partial charge on any atom is -0.357 e. The van der Waals surface area contributed by atoms with Crippen LogP contribution in [-0.4, -0.2) is 17.0 Å². The van der Waals surface area contributed by atoms with Crippen LogP contribution in [0.2, 0.25) is 5.02 Å². The molecule has 1 heterocycles. The second kappa shape index (κ2) is 5.89. The number of rotatable bonds is 4. The minimum absolute atomic E-state index is 0.588.